The number of rotatable bonds is 7. The van der Waals surface area contributed by atoms with Gasteiger partial charge in [-0.15, -0.1) is 0 Å². The van der Waals surface area contributed by atoms with E-state index in [0.717, 1.165) is 0 Å². The van der Waals surface area contributed by atoms with Gasteiger partial charge in [0, 0.05) is 5.57 Å². The topological polar surface area (TPSA) is 84.3 Å². The number of hydrogen-bond acceptors (Lipinski definition) is 5. The molecule has 0 saturated carbocycles. The van der Waals surface area contributed by atoms with Crippen LogP contribution in [0.5, 0.6) is 0 Å². The molecule has 0 aliphatic rings. The highest BCUT2D eigenvalue weighted by atomic mass is 32.2. The molecule has 20 heavy (non-hydrogen) atoms. The number of carbonyl (C=O) groups is 1. The second-order valence-corrected chi connectivity index (χ2v) is 4.62. The van der Waals surface area contributed by atoms with E-state index < -0.39 is 10.5 Å². The third-order valence-corrected chi connectivity index (χ3v) is 2.08. The van der Waals surface area contributed by atoms with E-state index in [4.69, 9.17) is 13.2 Å². The average molecular weight is 307 g/mol. The molecule has 0 amide bonds. The zero-order valence-electron chi connectivity index (χ0n) is 13.2. The highest BCUT2D eigenvalue weighted by Crippen LogP contribution is 2.03. The summed E-state index contributed by atoms with van der Waals surface area (Å²) in [5.74, 6) is -0.312. The number of unbranched alkanes of at least 4 members (excludes halogenated alkanes) is 5. The van der Waals surface area contributed by atoms with E-state index in [1.54, 1.807) is 13.8 Å². The molecule has 0 aliphatic heterocycles. The Morgan fingerprint density at radius 3 is 1.55 bits per heavy atom. The van der Waals surface area contributed by atoms with Gasteiger partial charge in [-0.2, -0.15) is 13.2 Å². The molecular weight excluding hydrogens is 278 g/mol. The Labute approximate surface area is 124 Å². The number of nitrogens with one attached hydrogen (secondary N) is 1. The number of ether oxygens (including phenoxy) is 1. The molecule has 0 bridgehead atoms. The van der Waals surface area contributed by atoms with Crippen molar-refractivity contribution in [1.29, 1.82) is 4.78 Å². The van der Waals surface area contributed by atoms with E-state index in [0.29, 0.717) is 12.2 Å². The summed E-state index contributed by atoms with van der Waals surface area (Å²) in [7, 11) is -2.61. The van der Waals surface area contributed by atoms with Gasteiger partial charge in [0.05, 0.1) is 6.61 Å². The lowest BCUT2D eigenvalue weighted by Crippen LogP contribution is -2.03. The summed E-state index contributed by atoms with van der Waals surface area (Å²) in [6, 6.07) is 0. The van der Waals surface area contributed by atoms with Gasteiger partial charge < -0.3 is 4.74 Å². The van der Waals surface area contributed by atoms with Crippen molar-refractivity contribution in [3.05, 3.63) is 12.2 Å². The second kappa shape index (κ2) is 20.2. The van der Waals surface area contributed by atoms with Gasteiger partial charge in [0.15, 0.2) is 0 Å². The predicted molar refractivity (Wildman–Crippen MR) is 82.1 cm³/mol. The Hall–Kier alpha value is -1.17. The first-order valence-electron chi connectivity index (χ1n) is 6.96. The van der Waals surface area contributed by atoms with Gasteiger partial charge in [0.2, 0.25) is 0 Å². The monoisotopic (exact) mass is 307 g/mol. The van der Waals surface area contributed by atoms with Crippen LogP contribution >= 0.6 is 0 Å². The van der Waals surface area contributed by atoms with Crippen molar-refractivity contribution in [2.45, 2.75) is 66.2 Å². The van der Waals surface area contributed by atoms with Crippen molar-refractivity contribution in [3.63, 3.8) is 0 Å². The second-order valence-electron chi connectivity index (χ2n) is 4.15. The van der Waals surface area contributed by atoms with Crippen LogP contribution < -0.4 is 0 Å². The number of carbonyl (C=O) groups excluding carboxylic acids is 1. The molecular formula is C14H29NO4S. The minimum Gasteiger partial charge on any atom is -0.463 e. The Bertz CT molecular complexity index is 322. The van der Waals surface area contributed by atoms with E-state index in [1.807, 2.05) is 0 Å². The highest BCUT2D eigenvalue weighted by molar-refractivity contribution is 7.60. The fourth-order valence-electron chi connectivity index (χ4n) is 1.11. The number of esters is 1. The lowest BCUT2D eigenvalue weighted by molar-refractivity contribution is -0.138. The van der Waals surface area contributed by atoms with Crippen LogP contribution in [0.3, 0.4) is 0 Å². The highest BCUT2D eigenvalue weighted by Gasteiger charge is 1.98. The summed E-state index contributed by atoms with van der Waals surface area (Å²) < 4.78 is 27.4. The molecule has 0 heterocycles. The molecule has 0 atom stereocenters. The standard InChI is InChI=1S/C8H18.C6H10O2.HNO2S/c1-3-5-7-8-6-4-2;1-4-8-6(7)5(2)3;1-4(2)3/h3-8H2,1-2H3;2,4H2,1,3H3;1H. The van der Waals surface area contributed by atoms with Crippen molar-refractivity contribution < 1.29 is 17.9 Å². The molecule has 0 spiro atoms. The minimum absolute atomic E-state index is 0.312. The van der Waals surface area contributed by atoms with Crippen LogP contribution in [0.2, 0.25) is 0 Å². The quantitative estimate of drug-likeness (QED) is 0.435. The van der Waals surface area contributed by atoms with Crippen molar-refractivity contribution >= 4 is 16.5 Å². The molecule has 5 nitrogen and oxygen atoms in total. The predicted octanol–water partition coefficient (Wildman–Crippen LogP) is 4.12. The van der Waals surface area contributed by atoms with Crippen LogP contribution in [-0.4, -0.2) is 21.0 Å². The van der Waals surface area contributed by atoms with Gasteiger partial charge in [-0.1, -0.05) is 59.0 Å². The molecule has 0 aromatic carbocycles. The van der Waals surface area contributed by atoms with Crippen LogP contribution in [-0.2, 0) is 20.0 Å². The Morgan fingerprint density at radius 1 is 1.05 bits per heavy atom. The Morgan fingerprint density at radius 2 is 1.40 bits per heavy atom. The Balaban J connectivity index is -0.000000230. The third-order valence-electron chi connectivity index (χ3n) is 2.08. The van der Waals surface area contributed by atoms with Gasteiger partial charge in [-0.3, -0.25) is 0 Å². The van der Waals surface area contributed by atoms with Gasteiger partial charge in [-0.05, 0) is 13.8 Å². The SMILES string of the molecule is C=C(C)C(=O)OCC.CCCCCCCC.N=S(=O)=O. The summed E-state index contributed by atoms with van der Waals surface area (Å²) in [5, 5.41) is 0. The number of hydrogen-bond donors (Lipinski definition) is 1. The molecule has 0 aromatic heterocycles. The molecule has 0 radical (unpaired) electrons. The van der Waals surface area contributed by atoms with Crippen LogP contribution in [0.25, 0.3) is 0 Å². The van der Waals surface area contributed by atoms with Crippen LogP contribution in [0.4, 0.5) is 0 Å². The van der Waals surface area contributed by atoms with Gasteiger partial charge >= 0.3 is 16.5 Å². The summed E-state index contributed by atoms with van der Waals surface area (Å²) in [6.07, 6.45) is 8.49. The summed E-state index contributed by atoms with van der Waals surface area (Å²) >= 11 is 0. The minimum atomic E-state index is -2.61. The fraction of sp³-hybridized carbons (Fsp3) is 0.786. The van der Waals surface area contributed by atoms with E-state index in [9.17, 15) is 4.79 Å². The first-order chi connectivity index (χ1) is 9.33. The van der Waals surface area contributed by atoms with E-state index in [1.165, 1.54) is 38.5 Å². The van der Waals surface area contributed by atoms with Crippen molar-refractivity contribution in [2.75, 3.05) is 6.61 Å². The maximum Gasteiger partial charge on any atom is 0.333 e. The van der Waals surface area contributed by atoms with Crippen molar-refractivity contribution in [2.24, 2.45) is 0 Å². The zero-order chi connectivity index (χ0) is 16.4. The van der Waals surface area contributed by atoms with Crippen LogP contribution in [0.1, 0.15) is 66.2 Å². The lowest BCUT2D eigenvalue weighted by atomic mass is 10.1. The molecule has 0 fully saturated rings. The van der Waals surface area contributed by atoms with Crippen molar-refractivity contribution in [1.82, 2.24) is 0 Å². The smallest absolute Gasteiger partial charge is 0.333 e. The maximum atomic E-state index is 10.4. The van der Waals surface area contributed by atoms with E-state index in [-0.39, 0.29) is 5.97 Å². The largest absolute Gasteiger partial charge is 0.463 e. The van der Waals surface area contributed by atoms with Crippen molar-refractivity contribution in [3.8, 4) is 0 Å². The average Bonchev–Trinajstić information content (AvgIpc) is 2.35. The molecule has 6 heteroatoms. The summed E-state index contributed by atoms with van der Waals surface area (Å²) in [5.41, 5.74) is 0.451. The van der Waals surface area contributed by atoms with E-state index >= 15 is 0 Å². The normalized spacial score (nSPS) is 8.40. The van der Waals surface area contributed by atoms with Crippen LogP contribution in [0.15, 0.2) is 12.2 Å². The molecule has 0 aromatic rings. The molecule has 120 valence electrons. The first-order valence-corrected chi connectivity index (χ1v) is 8.03. The van der Waals surface area contributed by atoms with E-state index in [2.05, 4.69) is 25.2 Å². The zero-order valence-corrected chi connectivity index (χ0v) is 14.0. The first kappa shape index (κ1) is 23.9. The molecule has 0 unspecified atom stereocenters. The molecule has 0 rings (SSSR count). The Kier molecular flexibility index (Phi) is 24.1. The van der Waals surface area contributed by atoms with Gasteiger partial charge in [0.1, 0.15) is 0 Å². The summed E-state index contributed by atoms with van der Waals surface area (Å²) in [4.78, 5) is 10.4. The van der Waals surface area contributed by atoms with Crippen LogP contribution in [0, 0.1) is 4.78 Å². The lowest BCUT2D eigenvalue weighted by Gasteiger charge is -1.96. The molecule has 0 aliphatic carbocycles. The third kappa shape index (κ3) is 36.0. The molecule has 1 N–H and O–H groups in total. The summed E-state index contributed by atoms with van der Waals surface area (Å²) in [6.45, 7) is 11.7. The fourth-order valence-corrected chi connectivity index (χ4v) is 1.11. The van der Waals surface area contributed by atoms with Gasteiger partial charge in [0.25, 0.3) is 0 Å². The molecule has 0 saturated heterocycles. The maximum absolute atomic E-state index is 10.4. The van der Waals surface area contributed by atoms with Gasteiger partial charge in [-0.25, -0.2) is 4.79 Å².